The second-order valence-electron chi connectivity index (χ2n) is 3.31. The fraction of sp³-hybridized carbons (Fsp3) is 0.167. The smallest absolute Gasteiger partial charge is 0.375 e. The van der Waals surface area contributed by atoms with Crippen LogP contribution >= 0.6 is 11.6 Å². The zero-order valence-electron chi connectivity index (χ0n) is 9.82. The van der Waals surface area contributed by atoms with Gasteiger partial charge in [-0.2, -0.15) is 21.6 Å². The van der Waals surface area contributed by atoms with E-state index in [1.54, 1.807) is 6.07 Å². The lowest BCUT2D eigenvalue weighted by Crippen LogP contribution is -2.25. The van der Waals surface area contributed by atoms with Crippen LogP contribution in [0, 0.1) is 11.8 Å². The zero-order valence-corrected chi connectivity index (χ0v) is 11.4. The van der Waals surface area contributed by atoms with Gasteiger partial charge in [0, 0.05) is 11.6 Å². The third kappa shape index (κ3) is 4.47. The van der Waals surface area contributed by atoms with E-state index in [-0.39, 0.29) is 11.4 Å². The van der Waals surface area contributed by atoms with Crippen molar-refractivity contribution in [1.82, 2.24) is 0 Å². The Morgan fingerprint density at radius 2 is 1.90 bits per heavy atom. The second-order valence-corrected chi connectivity index (χ2v) is 5.12. The maximum Gasteiger partial charge on any atom is 0.534 e. The van der Waals surface area contributed by atoms with Crippen molar-refractivity contribution >= 4 is 27.5 Å². The van der Waals surface area contributed by atoms with Crippen LogP contribution in [0.15, 0.2) is 36.4 Å². The summed E-state index contributed by atoms with van der Waals surface area (Å²) in [5, 5.41) is 0. The van der Waals surface area contributed by atoms with Gasteiger partial charge in [-0.1, -0.05) is 42.2 Å². The topological polar surface area (TPSA) is 43.4 Å². The molecule has 108 valence electrons. The lowest BCUT2D eigenvalue weighted by molar-refractivity contribution is -0.0509. The molecule has 8 heteroatoms. The summed E-state index contributed by atoms with van der Waals surface area (Å²) in [6.45, 7) is 0. The molecule has 0 heterocycles. The Kier molecular flexibility index (Phi) is 5.48. The summed E-state index contributed by atoms with van der Waals surface area (Å²) in [6, 6.07) is 7.42. The lowest BCUT2D eigenvalue weighted by atomic mass is 10.2. The van der Waals surface area contributed by atoms with Crippen LogP contribution in [-0.2, 0) is 14.3 Å². The molecule has 0 radical (unpaired) electrons. The molecule has 0 amide bonds. The van der Waals surface area contributed by atoms with Crippen molar-refractivity contribution < 1.29 is 25.8 Å². The van der Waals surface area contributed by atoms with Gasteiger partial charge in [0.25, 0.3) is 0 Å². The third-order valence-electron chi connectivity index (χ3n) is 1.91. The van der Waals surface area contributed by atoms with Gasteiger partial charge in [0.15, 0.2) is 5.76 Å². The van der Waals surface area contributed by atoms with Gasteiger partial charge >= 0.3 is 15.6 Å². The number of allylic oxidation sites excluding steroid dienone is 1. The normalized spacial score (nSPS) is 12.5. The molecule has 0 aliphatic rings. The standard InChI is InChI=1S/C12H8ClF3O3S/c13-9-5-4-8-11(10-6-2-1-3-7-10)19-20(17,18)12(14,15)16/h1-3,6-8H,9H2/b11-8+. The van der Waals surface area contributed by atoms with E-state index in [0.717, 1.165) is 6.08 Å². The summed E-state index contributed by atoms with van der Waals surface area (Å²) < 4.78 is 63.0. The molecule has 0 fully saturated rings. The number of hydrogen-bond acceptors (Lipinski definition) is 3. The van der Waals surface area contributed by atoms with Gasteiger partial charge in [0.2, 0.25) is 0 Å². The molecule has 3 nitrogen and oxygen atoms in total. The molecule has 0 saturated heterocycles. The van der Waals surface area contributed by atoms with Crippen LogP contribution in [0.2, 0.25) is 0 Å². The maximum atomic E-state index is 12.3. The van der Waals surface area contributed by atoms with E-state index >= 15 is 0 Å². The van der Waals surface area contributed by atoms with E-state index in [1.807, 2.05) is 0 Å². The highest BCUT2D eigenvalue weighted by atomic mass is 35.5. The first kappa shape index (κ1) is 16.4. The Hall–Kier alpha value is -1.65. The first-order valence-electron chi connectivity index (χ1n) is 5.08. The molecule has 0 saturated carbocycles. The van der Waals surface area contributed by atoms with E-state index in [1.165, 1.54) is 24.3 Å². The highest BCUT2D eigenvalue weighted by molar-refractivity contribution is 7.87. The van der Waals surface area contributed by atoms with Crippen molar-refractivity contribution in [3.05, 3.63) is 42.0 Å². The van der Waals surface area contributed by atoms with Gasteiger partial charge in [-0.3, -0.25) is 0 Å². The molecule has 0 atom stereocenters. The number of rotatable bonds is 3. The van der Waals surface area contributed by atoms with Crippen molar-refractivity contribution in [2.75, 3.05) is 5.88 Å². The van der Waals surface area contributed by atoms with Gasteiger partial charge in [0.05, 0.1) is 5.88 Å². The Balaban J connectivity index is 3.18. The number of benzene rings is 1. The first-order chi connectivity index (χ1) is 9.28. The molecule has 1 aromatic rings. The largest absolute Gasteiger partial charge is 0.534 e. The minimum atomic E-state index is -5.75. The quantitative estimate of drug-likeness (QED) is 0.282. The fourth-order valence-electron chi connectivity index (χ4n) is 1.08. The van der Waals surface area contributed by atoms with Crippen LogP contribution in [0.25, 0.3) is 5.76 Å². The van der Waals surface area contributed by atoms with E-state index < -0.39 is 21.4 Å². The molecule has 1 rings (SSSR count). The Bertz CT molecular complexity index is 640. The average Bonchev–Trinajstić information content (AvgIpc) is 2.37. The van der Waals surface area contributed by atoms with Gasteiger partial charge < -0.3 is 4.18 Å². The number of halogens is 4. The Morgan fingerprint density at radius 1 is 1.30 bits per heavy atom. The van der Waals surface area contributed by atoms with Crippen molar-refractivity contribution in [3.63, 3.8) is 0 Å². The molecule has 0 aliphatic carbocycles. The van der Waals surface area contributed by atoms with Crippen molar-refractivity contribution in [2.24, 2.45) is 0 Å². The molecule has 0 aliphatic heterocycles. The molecule has 0 unspecified atom stereocenters. The first-order valence-corrected chi connectivity index (χ1v) is 7.03. The summed E-state index contributed by atoms with van der Waals surface area (Å²) in [6.07, 6.45) is 0.918. The van der Waals surface area contributed by atoms with Crippen molar-refractivity contribution in [1.29, 1.82) is 0 Å². The molecule has 0 aromatic heterocycles. The van der Waals surface area contributed by atoms with Crippen LogP contribution in [0.5, 0.6) is 0 Å². The van der Waals surface area contributed by atoms with E-state index in [9.17, 15) is 21.6 Å². The van der Waals surface area contributed by atoms with Crippen LogP contribution < -0.4 is 0 Å². The summed E-state index contributed by atoms with van der Waals surface area (Å²) >= 11 is 5.29. The van der Waals surface area contributed by atoms with Gasteiger partial charge in [0.1, 0.15) is 0 Å². The van der Waals surface area contributed by atoms with Gasteiger partial charge in [-0.05, 0) is 0 Å². The van der Waals surface area contributed by atoms with Crippen LogP contribution in [-0.4, -0.2) is 19.8 Å². The zero-order chi connectivity index (χ0) is 15.2. The van der Waals surface area contributed by atoms with E-state index in [0.29, 0.717) is 0 Å². The Morgan fingerprint density at radius 3 is 2.40 bits per heavy atom. The second kappa shape index (κ2) is 6.68. The molecular weight excluding hydrogens is 317 g/mol. The molecule has 1 aromatic carbocycles. The minimum absolute atomic E-state index is 0.0510. The Labute approximate surface area is 119 Å². The summed E-state index contributed by atoms with van der Waals surface area (Å²) in [7, 11) is -5.75. The van der Waals surface area contributed by atoms with E-state index in [2.05, 4.69) is 16.0 Å². The van der Waals surface area contributed by atoms with E-state index in [4.69, 9.17) is 11.6 Å². The van der Waals surface area contributed by atoms with Crippen LogP contribution in [0.3, 0.4) is 0 Å². The summed E-state index contributed by atoms with van der Waals surface area (Å²) in [5.41, 5.74) is -5.37. The van der Waals surface area contributed by atoms with Crippen molar-refractivity contribution in [2.45, 2.75) is 5.51 Å². The predicted octanol–water partition coefficient (Wildman–Crippen LogP) is 3.14. The molecule has 0 bridgehead atoms. The minimum Gasteiger partial charge on any atom is -0.375 e. The number of hydrogen-bond donors (Lipinski definition) is 0. The predicted molar refractivity (Wildman–Crippen MR) is 69.0 cm³/mol. The molecule has 0 N–H and O–H groups in total. The molecule has 20 heavy (non-hydrogen) atoms. The fourth-order valence-corrected chi connectivity index (χ4v) is 1.63. The molecule has 0 spiro atoms. The molecular formula is C12H8ClF3O3S. The van der Waals surface area contributed by atoms with Gasteiger partial charge in [-0.15, -0.1) is 11.6 Å². The SMILES string of the molecule is O=S(=O)(O/C(=C/C#CCCl)c1ccccc1)C(F)(F)F. The average molecular weight is 325 g/mol. The summed E-state index contributed by atoms with van der Waals surface area (Å²) in [4.78, 5) is 0. The summed E-state index contributed by atoms with van der Waals surface area (Å²) in [5.74, 6) is 4.08. The van der Waals surface area contributed by atoms with Gasteiger partial charge in [-0.25, -0.2) is 0 Å². The van der Waals surface area contributed by atoms with Crippen molar-refractivity contribution in [3.8, 4) is 11.8 Å². The number of alkyl halides is 4. The third-order valence-corrected chi connectivity index (χ3v) is 3.01. The highest BCUT2D eigenvalue weighted by Crippen LogP contribution is 2.29. The van der Waals surface area contributed by atoms with Crippen LogP contribution in [0.4, 0.5) is 13.2 Å². The maximum absolute atomic E-state index is 12.3. The monoisotopic (exact) mass is 324 g/mol. The lowest BCUT2D eigenvalue weighted by Gasteiger charge is -2.11. The highest BCUT2D eigenvalue weighted by Gasteiger charge is 2.48. The van der Waals surface area contributed by atoms with Crippen LogP contribution in [0.1, 0.15) is 5.56 Å².